The minimum absolute atomic E-state index is 0.931. The summed E-state index contributed by atoms with van der Waals surface area (Å²) in [5.74, 6) is 0. The van der Waals surface area contributed by atoms with Gasteiger partial charge in [-0.1, -0.05) is 32.1 Å². The van der Waals surface area contributed by atoms with Crippen LogP contribution in [-0.4, -0.2) is 0 Å². The summed E-state index contributed by atoms with van der Waals surface area (Å²) in [5, 5.41) is 0. The molecule has 1 aromatic carbocycles. The smallest absolute Gasteiger partial charge is 0.0379 e. The molecule has 14 heavy (non-hydrogen) atoms. The van der Waals surface area contributed by atoms with Crippen molar-refractivity contribution in [1.82, 2.24) is 0 Å². The molecule has 0 aliphatic rings. The molecule has 0 bridgehead atoms. The summed E-state index contributed by atoms with van der Waals surface area (Å²) < 4.78 is 0. The van der Waals surface area contributed by atoms with Gasteiger partial charge < -0.3 is 5.73 Å². The van der Waals surface area contributed by atoms with Crippen LogP contribution in [0.4, 0.5) is 5.69 Å². The molecule has 1 aromatic rings. The first-order valence-electron chi connectivity index (χ1n) is 5.23. The first kappa shape index (κ1) is 10.8. The van der Waals surface area contributed by atoms with Crippen LogP contribution in [0.15, 0.2) is 24.8 Å². The number of nitrogen functional groups attached to an aromatic ring is 1. The van der Waals surface area contributed by atoms with Gasteiger partial charge in [0.05, 0.1) is 0 Å². The van der Waals surface area contributed by atoms with E-state index in [1.165, 1.54) is 16.7 Å². The van der Waals surface area contributed by atoms with Gasteiger partial charge in [-0.15, -0.1) is 6.58 Å². The van der Waals surface area contributed by atoms with Crippen LogP contribution in [0.1, 0.15) is 30.5 Å². The highest BCUT2D eigenvalue weighted by molar-refractivity contribution is 5.56. The lowest BCUT2D eigenvalue weighted by Gasteiger charge is -2.11. The summed E-state index contributed by atoms with van der Waals surface area (Å²) in [7, 11) is 0. The van der Waals surface area contributed by atoms with Crippen molar-refractivity contribution in [2.75, 3.05) is 5.73 Å². The van der Waals surface area contributed by atoms with Gasteiger partial charge >= 0.3 is 0 Å². The zero-order valence-corrected chi connectivity index (χ0v) is 9.14. The Hall–Kier alpha value is -1.24. The van der Waals surface area contributed by atoms with Gasteiger partial charge in [0.2, 0.25) is 0 Å². The number of benzene rings is 1. The summed E-state index contributed by atoms with van der Waals surface area (Å²) in [5.41, 5.74) is 10.9. The average molecular weight is 189 g/mol. The molecule has 0 spiro atoms. The molecule has 2 N–H and O–H groups in total. The van der Waals surface area contributed by atoms with Crippen molar-refractivity contribution in [2.24, 2.45) is 0 Å². The lowest BCUT2D eigenvalue weighted by Crippen LogP contribution is -2.00. The highest BCUT2D eigenvalue weighted by Crippen LogP contribution is 2.21. The number of nitrogens with two attached hydrogens (primary N) is 1. The normalized spacial score (nSPS) is 10.1. The number of aryl methyl sites for hydroxylation is 2. The molecule has 76 valence electrons. The SMILES string of the molecule is C=CCc1cc(CC)c(N)c(CC)c1. The molecule has 0 amide bonds. The highest BCUT2D eigenvalue weighted by atomic mass is 14.6. The summed E-state index contributed by atoms with van der Waals surface area (Å²) >= 11 is 0. The van der Waals surface area contributed by atoms with E-state index in [1.807, 2.05) is 6.08 Å². The molecule has 0 aliphatic heterocycles. The quantitative estimate of drug-likeness (QED) is 0.571. The van der Waals surface area contributed by atoms with Crippen LogP contribution in [0.3, 0.4) is 0 Å². The second-order valence-corrected chi connectivity index (χ2v) is 3.53. The van der Waals surface area contributed by atoms with Crippen LogP contribution in [0.2, 0.25) is 0 Å². The molecule has 0 saturated carbocycles. The molecule has 0 heterocycles. The molecule has 1 rings (SSSR count). The third kappa shape index (κ3) is 2.16. The van der Waals surface area contributed by atoms with Crippen molar-refractivity contribution in [3.63, 3.8) is 0 Å². The van der Waals surface area contributed by atoms with Gasteiger partial charge in [-0.3, -0.25) is 0 Å². The molecule has 0 aromatic heterocycles. The molecule has 1 heteroatoms. The van der Waals surface area contributed by atoms with E-state index in [-0.39, 0.29) is 0 Å². The Morgan fingerprint density at radius 3 is 2.07 bits per heavy atom. The molecule has 0 fully saturated rings. The van der Waals surface area contributed by atoms with E-state index in [2.05, 4.69) is 32.6 Å². The van der Waals surface area contributed by atoms with E-state index in [4.69, 9.17) is 5.73 Å². The molecule has 0 atom stereocenters. The molecule has 1 nitrogen and oxygen atoms in total. The predicted molar refractivity (Wildman–Crippen MR) is 63.5 cm³/mol. The van der Waals surface area contributed by atoms with Crippen LogP contribution < -0.4 is 5.73 Å². The Labute approximate surface area is 86.6 Å². The second kappa shape index (κ2) is 4.85. The zero-order valence-electron chi connectivity index (χ0n) is 9.14. The topological polar surface area (TPSA) is 26.0 Å². The maximum atomic E-state index is 6.04. The predicted octanol–water partition coefficient (Wildman–Crippen LogP) is 3.12. The number of hydrogen-bond donors (Lipinski definition) is 1. The van der Waals surface area contributed by atoms with Crippen LogP contribution in [0, 0.1) is 0 Å². The number of anilines is 1. The molecule has 0 radical (unpaired) electrons. The molecule has 0 unspecified atom stereocenters. The Morgan fingerprint density at radius 2 is 1.71 bits per heavy atom. The van der Waals surface area contributed by atoms with Gasteiger partial charge in [0.1, 0.15) is 0 Å². The van der Waals surface area contributed by atoms with Crippen LogP contribution in [0.5, 0.6) is 0 Å². The summed E-state index contributed by atoms with van der Waals surface area (Å²) in [6, 6.07) is 4.38. The Morgan fingerprint density at radius 1 is 1.21 bits per heavy atom. The monoisotopic (exact) mass is 189 g/mol. The molecule has 0 saturated heterocycles. The second-order valence-electron chi connectivity index (χ2n) is 3.53. The lowest BCUT2D eigenvalue weighted by molar-refractivity contribution is 1.07. The zero-order chi connectivity index (χ0) is 10.6. The van der Waals surface area contributed by atoms with Crippen LogP contribution in [-0.2, 0) is 19.3 Å². The minimum Gasteiger partial charge on any atom is -0.398 e. The fourth-order valence-electron chi connectivity index (χ4n) is 1.72. The van der Waals surface area contributed by atoms with Gasteiger partial charge in [0, 0.05) is 5.69 Å². The van der Waals surface area contributed by atoms with E-state index in [1.54, 1.807) is 0 Å². The molecule has 0 aliphatic carbocycles. The number of rotatable bonds is 4. The van der Waals surface area contributed by atoms with Gasteiger partial charge in [-0.05, 0) is 36.0 Å². The maximum Gasteiger partial charge on any atom is 0.0379 e. The van der Waals surface area contributed by atoms with Crippen LogP contribution >= 0.6 is 0 Å². The van der Waals surface area contributed by atoms with Crippen molar-refractivity contribution in [3.05, 3.63) is 41.5 Å². The number of hydrogen-bond acceptors (Lipinski definition) is 1. The fourth-order valence-corrected chi connectivity index (χ4v) is 1.72. The van der Waals surface area contributed by atoms with Crippen molar-refractivity contribution in [1.29, 1.82) is 0 Å². The van der Waals surface area contributed by atoms with Gasteiger partial charge in [0.25, 0.3) is 0 Å². The third-order valence-corrected chi connectivity index (χ3v) is 2.55. The number of allylic oxidation sites excluding steroid dienone is 1. The molecular formula is C13H19N. The third-order valence-electron chi connectivity index (χ3n) is 2.55. The largest absolute Gasteiger partial charge is 0.398 e. The first-order valence-corrected chi connectivity index (χ1v) is 5.23. The van der Waals surface area contributed by atoms with Crippen LogP contribution in [0.25, 0.3) is 0 Å². The summed E-state index contributed by atoms with van der Waals surface area (Å²) in [4.78, 5) is 0. The maximum absolute atomic E-state index is 6.04. The summed E-state index contributed by atoms with van der Waals surface area (Å²) in [6.45, 7) is 8.04. The van der Waals surface area contributed by atoms with Gasteiger partial charge in [0.15, 0.2) is 0 Å². The van der Waals surface area contributed by atoms with Crippen molar-refractivity contribution in [2.45, 2.75) is 33.1 Å². The van der Waals surface area contributed by atoms with E-state index in [0.29, 0.717) is 0 Å². The fraction of sp³-hybridized carbons (Fsp3) is 0.385. The Bertz CT molecular complexity index is 301. The highest BCUT2D eigenvalue weighted by Gasteiger charge is 2.04. The van der Waals surface area contributed by atoms with Gasteiger partial charge in [-0.2, -0.15) is 0 Å². The van der Waals surface area contributed by atoms with E-state index in [0.717, 1.165) is 24.9 Å². The Balaban J connectivity index is 3.17. The van der Waals surface area contributed by atoms with Gasteiger partial charge in [-0.25, -0.2) is 0 Å². The first-order chi connectivity index (χ1) is 6.72. The average Bonchev–Trinajstić information content (AvgIpc) is 2.20. The minimum atomic E-state index is 0.931. The lowest BCUT2D eigenvalue weighted by atomic mass is 9.98. The Kier molecular flexibility index (Phi) is 3.75. The van der Waals surface area contributed by atoms with E-state index in [9.17, 15) is 0 Å². The standard InChI is InChI=1S/C13H19N/c1-4-7-10-8-11(5-2)13(14)12(6-3)9-10/h4,8-9H,1,5-7,14H2,2-3H3. The molecular weight excluding hydrogens is 170 g/mol. The van der Waals surface area contributed by atoms with E-state index < -0.39 is 0 Å². The van der Waals surface area contributed by atoms with E-state index >= 15 is 0 Å². The summed E-state index contributed by atoms with van der Waals surface area (Å²) in [6.07, 6.45) is 4.87. The van der Waals surface area contributed by atoms with Crippen molar-refractivity contribution >= 4 is 5.69 Å². The van der Waals surface area contributed by atoms with Crippen molar-refractivity contribution in [3.8, 4) is 0 Å². The van der Waals surface area contributed by atoms with Crippen molar-refractivity contribution < 1.29 is 0 Å².